The van der Waals surface area contributed by atoms with Crippen molar-refractivity contribution in [3.05, 3.63) is 62.5 Å². The molecule has 1 aromatic carbocycles. The summed E-state index contributed by atoms with van der Waals surface area (Å²) in [6.07, 6.45) is 0. The van der Waals surface area contributed by atoms with Crippen molar-refractivity contribution in [1.82, 2.24) is 4.90 Å². The Morgan fingerprint density at radius 1 is 1.11 bits per heavy atom. The third-order valence-electron chi connectivity index (χ3n) is 4.75. The molecule has 1 aromatic rings. The van der Waals surface area contributed by atoms with Crippen LogP contribution in [0.4, 0.5) is 5.69 Å². The summed E-state index contributed by atoms with van der Waals surface area (Å²) in [6.45, 7) is 3.18. The first-order valence-electron chi connectivity index (χ1n) is 8.49. The number of aliphatic hydroxyl groups excluding tert-OH is 1. The summed E-state index contributed by atoms with van der Waals surface area (Å²) in [4.78, 5) is 37.9. The molecular weight excluding hydrogens is 368 g/mol. The molecule has 1 N–H and O–H groups in total. The second-order valence-electron chi connectivity index (χ2n) is 6.11. The number of nitro groups is 1. The van der Waals surface area contributed by atoms with E-state index >= 15 is 0 Å². The molecule has 0 spiro atoms. The number of carbonyl (C=O) groups is 2. The van der Waals surface area contributed by atoms with Gasteiger partial charge in [0.05, 0.1) is 42.8 Å². The quantitative estimate of drug-likeness (QED) is 0.444. The predicted molar refractivity (Wildman–Crippen MR) is 99.1 cm³/mol. The number of aliphatic hydroxyl groups is 1. The topological polar surface area (TPSA) is 119 Å². The standard InChI is InChI=1S/C19H22N2O7/c1-11-15(18(23)27-3)17(13-7-5-6-8-14(13)21(25)26)16(19(24)28-4)12(2)20(11)9-10-22/h5-8,17,22H,9-10H2,1-4H3. The number of hydrogen-bond acceptors (Lipinski definition) is 8. The van der Waals surface area contributed by atoms with Crippen LogP contribution in [-0.4, -0.2) is 54.2 Å². The van der Waals surface area contributed by atoms with Crippen LogP contribution in [0.1, 0.15) is 25.3 Å². The van der Waals surface area contributed by atoms with Crippen LogP contribution < -0.4 is 0 Å². The Hall–Kier alpha value is -3.20. The van der Waals surface area contributed by atoms with Crippen LogP contribution in [0, 0.1) is 10.1 Å². The SMILES string of the molecule is COC(=O)C1=C(C)N(CCO)C(C)=C(C(=O)OC)C1c1ccccc1[N+](=O)[O-]. The van der Waals surface area contributed by atoms with Crippen molar-refractivity contribution in [1.29, 1.82) is 0 Å². The molecule has 0 saturated heterocycles. The lowest BCUT2D eigenvalue weighted by Crippen LogP contribution is -2.36. The van der Waals surface area contributed by atoms with E-state index in [-0.39, 0.29) is 35.5 Å². The van der Waals surface area contributed by atoms with Crippen molar-refractivity contribution in [3.8, 4) is 0 Å². The first-order chi connectivity index (χ1) is 13.3. The Kier molecular flexibility index (Phi) is 6.53. The van der Waals surface area contributed by atoms with Crippen molar-refractivity contribution in [2.45, 2.75) is 19.8 Å². The van der Waals surface area contributed by atoms with E-state index in [9.17, 15) is 24.8 Å². The number of hydrogen-bond donors (Lipinski definition) is 1. The van der Waals surface area contributed by atoms with Crippen LogP contribution in [0.2, 0.25) is 0 Å². The summed E-state index contributed by atoms with van der Waals surface area (Å²) < 4.78 is 9.81. The van der Waals surface area contributed by atoms with Gasteiger partial charge in [0, 0.05) is 29.6 Å². The summed E-state index contributed by atoms with van der Waals surface area (Å²) in [7, 11) is 2.39. The lowest BCUT2D eigenvalue weighted by molar-refractivity contribution is -0.385. The van der Waals surface area contributed by atoms with Crippen molar-refractivity contribution in [3.63, 3.8) is 0 Å². The average molecular weight is 390 g/mol. The monoisotopic (exact) mass is 390 g/mol. The number of allylic oxidation sites excluding steroid dienone is 2. The normalized spacial score (nSPS) is 15.0. The number of β-amino-alcohol motifs (C(OH)–C–C–N with tert-alkyl or cyclic N) is 1. The van der Waals surface area contributed by atoms with Crippen LogP contribution in [-0.2, 0) is 19.1 Å². The van der Waals surface area contributed by atoms with E-state index < -0.39 is 22.8 Å². The molecule has 1 heterocycles. The fraction of sp³-hybridized carbons (Fsp3) is 0.368. The molecule has 0 amide bonds. The molecule has 0 radical (unpaired) electrons. The fourth-order valence-electron chi connectivity index (χ4n) is 3.50. The molecule has 150 valence electrons. The smallest absolute Gasteiger partial charge is 0.336 e. The van der Waals surface area contributed by atoms with Crippen LogP contribution in [0.5, 0.6) is 0 Å². The molecule has 9 nitrogen and oxygen atoms in total. The fourth-order valence-corrected chi connectivity index (χ4v) is 3.50. The lowest BCUT2D eigenvalue weighted by Gasteiger charge is -2.37. The largest absolute Gasteiger partial charge is 0.466 e. The van der Waals surface area contributed by atoms with Gasteiger partial charge in [-0.1, -0.05) is 18.2 Å². The summed E-state index contributed by atoms with van der Waals surface area (Å²) in [5.41, 5.74) is 0.984. The number of rotatable bonds is 6. The van der Waals surface area contributed by atoms with E-state index in [0.717, 1.165) is 0 Å². The molecule has 2 rings (SSSR count). The highest BCUT2D eigenvalue weighted by molar-refractivity contribution is 6.00. The van der Waals surface area contributed by atoms with Gasteiger partial charge in [-0.2, -0.15) is 0 Å². The maximum Gasteiger partial charge on any atom is 0.336 e. The van der Waals surface area contributed by atoms with Crippen LogP contribution in [0.15, 0.2) is 46.8 Å². The van der Waals surface area contributed by atoms with E-state index in [1.807, 2.05) is 0 Å². The Morgan fingerprint density at radius 3 is 2.04 bits per heavy atom. The van der Waals surface area contributed by atoms with Gasteiger partial charge in [0.15, 0.2) is 0 Å². The zero-order valence-corrected chi connectivity index (χ0v) is 16.1. The molecule has 0 saturated carbocycles. The van der Waals surface area contributed by atoms with Crippen LogP contribution >= 0.6 is 0 Å². The zero-order chi connectivity index (χ0) is 21.0. The molecule has 0 atom stereocenters. The highest BCUT2D eigenvalue weighted by Gasteiger charge is 2.42. The number of esters is 2. The van der Waals surface area contributed by atoms with Crippen molar-refractivity contribution in [2.75, 3.05) is 27.4 Å². The van der Waals surface area contributed by atoms with Gasteiger partial charge < -0.3 is 19.5 Å². The van der Waals surface area contributed by atoms with Crippen molar-refractivity contribution >= 4 is 17.6 Å². The summed E-state index contributed by atoms with van der Waals surface area (Å²) in [6, 6.07) is 5.91. The minimum absolute atomic E-state index is 0.0799. The van der Waals surface area contributed by atoms with Gasteiger partial charge in [-0.25, -0.2) is 9.59 Å². The van der Waals surface area contributed by atoms with E-state index in [4.69, 9.17) is 9.47 Å². The maximum absolute atomic E-state index is 12.6. The Morgan fingerprint density at radius 2 is 1.61 bits per heavy atom. The van der Waals surface area contributed by atoms with Gasteiger partial charge >= 0.3 is 11.9 Å². The molecule has 0 aromatic heterocycles. The van der Waals surface area contributed by atoms with E-state index in [2.05, 4.69) is 0 Å². The number of para-hydroxylation sites is 1. The molecule has 9 heteroatoms. The minimum atomic E-state index is -1.04. The number of carbonyl (C=O) groups excluding carboxylic acids is 2. The van der Waals surface area contributed by atoms with Gasteiger partial charge in [-0.3, -0.25) is 10.1 Å². The highest BCUT2D eigenvalue weighted by Crippen LogP contribution is 2.45. The van der Waals surface area contributed by atoms with E-state index in [0.29, 0.717) is 11.4 Å². The average Bonchev–Trinajstić information content (AvgIpc) is 2.69. The number of benzene rings is 1. The molecule has 1 aliphatic heterocycles. The summed E-state index contributed by atoms with van der Waals surface area (Å²) >= 11 is 0. The Bertz CT molecular complexity index is 833. The van der Waals surface area contributed by atoms with Gasteiger partial charge in [0.1, 0.15) is 0 Å². The van der Waals surface area contributed by atoms with Gasteiger partial charge in [-0.05, 0) is 13.8 Å². The molecule has 0 aliphatic carbocycles. The van der Waals surface area contributed by atoms with Gasteiger partial charge in [0.2, 0.25) is 0 Å². The molecule has 1 aliphatic rings. The number of nitrogens with zero attached hydrogens (tertiary/aromatic N) is 2. The summed E-state index contributed by atoms with van der Waals surface area (Å²) in [5, 5.41) is 21.0. The first kappa shape index (κ1) is 21.1. The number of ether oxygens (including phenoxy) is 2. The van der Waals surface area contributed by atoms with E-state index in [1.165, 1.54) is 32.4 Å². The predicted octanol–water partition coefficient (Wildman–Crippen LogP) is 1.88. The Balaban J connectivity index is 2.89. The third kappa shape index (κ3) is 3.61. The van der Waals surface area contributed by atoms with Crippen LogP contribution in [0.3, 0.4) is 0 Å². The Labute approximate surface area is 162 Å². The molecule has 0 unspecified atom stereocenters. The number of methoxy groups -OCH3 is 2. The minimum Gasteiger partial charge on any atom is -0.466 e. The molecule has 0 bridgehead atoms. The van der Waals surface area contributed by atoms with Gasteiger partial charge in [0.25, 0.3) is 5.69 Å². The second-order valence-corrected chi connectivity index (χ2v) is 6.11. The van der Waals surface area contributed by atoms with Crippen LogP contribution in [0.25, 0.3) is 0 Å². The third-order valence-corrected chi connectivity index (χ3v) is 4.75. The molecule has 28 heavy (non-hydrogen) atoms. The highest BCUT2D eigenvalue weighted by atomic mass is 16.6. The lowest BCUT2D eigenvalue weighted by atomic mass is 9.79. The van der Waals surface area contributed by atoms with Gasteiger partial charge in [-0.15, -0.1) is 0 Å². The molecular formula is C19H22N2O7. The number of nitro benzene ring substituents is 1. The zero-order valence-electron chi connectivity index (χ0n) is 16.1. The van der Waals surface area contributed by atoms with Crippen molar-refractivity contribution < 1.29 is 29.1 Å². The van der Waals surface area contributed by atoms with Crippen molar-refractivity contribution in [2.24, 2.45) is 0 Å². The van der Waals surface area contributed by atoms with E-state index in [1.54, 1.807) is 24.8 Å². The second kappa shape index (κ2) is 8.66. The summed E-state index contributed by atoms with van der Waals surface area (Å²) in [5.74, 6) is -2.49. The molecule has 0 fully saturated rings. The first-order valence-corrected chi connectivity index (χ1v) is 8.49. The maximum atomic E-state index is 12.6.